The minimum atomic E-state index is -0.279. The first-order valence-corrected chi connectivity index (χ1v) is 9.54. The van der Waals surface area contributed by atoms with E-state index in [1.54, 1.807) is 0 Å². The van der Waals surface area contributed by atoms with Crippen LogP contribution >= 0.6 is 0 Å². The third kappa shape index (κ3) is 4.26. The van der Waals surface area contributed by atoms with Crippen LogP contribution in [0.15, 0.2) is 30.6 Å². The van der Waals surface area contributed by atoms with Gasteiger partial charge < -0.3 is 9.84 Å². The molecule has 1 saturated carbocycles. The van der Waals surface area contributed by atoms with Crippen molar-refractivity contribution >= 4 is 5.97 Å². The molecule has 0 radical (unpaired) electrons. The topological polar surface area (TPSA) is 55.3 Å². The molecule has 0 saturated heterocycles. The van der Waals surface area contributed by atoms with Gasteiger partial charge in [0.1, 0.15) is 18.1 Å². The largest absolute Gasteiger partial charge is 0.507 e. The van der Waals surface area contributed by atoms with Gasteiger partial charge >= 0.3 is 5.97 Å². The van der Waals surface area contributed by atoms with E-state index in [0.29, 0.717) is 18.1 Å². The molecule has 2 aromatic rings. The fourth-order valence-electron chi connectivity index (χ4n) is 3.78. The van der Waals surface area contributed by atoms with Gasteiger partial charge in [0, 0.05) is 18.9 Å². The van der Waals surface area contributed by atoms with E-state index in [-0.39, 0.29) is 18.1 Å². The Bertz CT molecular complexity index is 761. The number of esters is 1. The number of ether oxygens (including phenoxy) is 1. The Morgan fingerprint density at radius 1 is 1.35 bits per heavy atom. The summed E-state index contributed by atoms with van der Waals surface area (Å²) in [4.78, 5) is 12.1. The number of imidazole rings is 1. The van der Waals surface area contributed by atoms with Gasteiger partial charge in [0.15, 0.2) is 0 Å². The van der Waals surface area contributed by atoms with E-state index in [4.69, 9.17) is 4.74 Å². The summed E-state index contributed by atoms with van der Waals surface area (Å²) >= 11 is 0. The number of aryl methyl sites for hydroxylation is 2. The van der Waals surface area contributed by atoms with Crippen LogP contribution in [0, 0.1) is 6.92 Å². The molecule has 1 aromatic carbocycles. The lowest BCUT2D eigenvalue weighted by atomic mass is 9.94. The monoisotopic (exact) mass is 357 g/mol. The van der Waals surface area contributed by atoms with Crippen molar-refractivity contribution in [1.82, 2.24) is 4.57 Å². The summed E-state index contributed by atoms with van der Waals surface area (Å²) in [5.74, 6) is 1.60. The van der Waals surface area contributed by atoms with Crippen molar-refractivity contribution in [3.05, 3.63) is 47.5 Å². The summed E-state index contributed by atoms with van der Waals surface area (Å²) in [6, 6.07) is 5.74. The summed E-state index contributed by atoms with van der Waals surface area (Å²) in [6.07, 6.45) is 9.63. The van der Waals surface area contributed by atoms with Gasteiger partial charge in [-0.1, -0.05) is 31.0 Å². The molecule has 0 bridgehead atoms. The fraction of sp³-hybridized carbons (Fsp3) is 0.524. The molecule has 0 amide bonds. The van der Waals surface area contributed by atoms with E-state index < -0.39 is 0 Å². The lowest BCUT2D eigenvalue weighted by molar-refractivity contribution is -0.677. The van der Waals surface area contributed by atoms with Gasteiger partial charge in [-0.25, -0.2) is 9.13 Å². The van der Waals surface area contributed by atoms with Crippen molar-refractivity contribution < 1.29 is 19.2 Å². The molecule has 1 aromatic heterocycles. The predicted octanol–water partition coefficient (Wildman–Crippen LogP) is 3.16. The van der Waals surface area contributed by atoms with Crippen molar-refractivity contribution in [3.8, 4) is 5.75 Å². The number of carbonyl (C=O) groups is 1. The third-order valence-corrected chi connectivity index (χ3v) is 5.48. The lowest BCUT2D eigenvalue weighted by Gasteiger charge is -2.14. The van der Waals surface area contributed by atoms with Gasteiger partial charge in [-0.3, -0.25) is 4.79 Å². The second-order valence-corrected chi connectivity index (χ2v) is 7.24. The number of aromatic nitrogens is 2. The number of benzene rings is 1. The maximum atomic E-state index is 12.1. The van der Waals surface area contributed by atoms with Crippen LogP contribution in [0.1, 0.15) is 55.0 Å². The zero-order valence-corrected chi connectivity index (χ0v) is 15.8. The number of hydrogen-bond donors (Lipinski definition) is 1. The Hall–Kier alpha value is -2.30. The average molecular weight is 357 g/mol. The Morgan fingerprint density at radius 3 is 2.81 bits per heavy atom. The summed E-state index contributed by atoms with van der Waals surface area (Å²) in [5.41, 5.74) is 1.66. The van der Waals surface area contributed by atoms with E-state index in [9.17, 15) is 9.90 Å². The van der Waals surface area contributed by atoms with E-state index in [1.165, 1.54) is 18.7 Å². The van der Waals surface area contributed by atoms with Crippen LogP contribution in [0.4, 0.5) is 0 Å². The van der Waals surface area contributed by atoms with Crippen molar-refractivity contribution in [2.75, 3.05) is 6.61 Å². The number of rotatable bonds is 7. The summed E-state index contributed by atoms with van der Waals surface area (Å²) in [5, 5.41) is 10.5. The maximum absolute atomic E-state index is 12.1. The molecule has 1 heterocycles. The van der Waals surface area contributed by atoms with Gasteiger partial charge in [0.25, 0.3) is 5.82 Å². The standard InChI is InChI=1S/C21H28N2O3/c1-16-22(2)12-13-23(16)11-6-14-26-20(24)15-18-9-5-10-19(21(18)25)17-7-3-4-8-17/h5,9-10,12-13,17H,3-4,6-8,11,14-15H2,1-2H3/p+1. The Kier molecular flexibility index (Phi) is 5.96. The van der Waals surface area contributed by atoms with Crippen LogP contribution < -0.4 is 4.57 Å². The van der Waals surface area contributed by atoms with Crippen LogP contribution in [0.5, 0.6) is 5.75 Å². The first kappa shape index (κ1) is 18.5. The highest BCUT2D eigenvalue weighted by Gasteiger charge is 2.22. The first-order valence-electron chi connectivity index (χ1n) is 9.54. The number of hydrogen-bond acceptors (Lipinski definition) is 3. The number of carbonyl (C=O) groups excluding carboxylic acids is 1. The molecule has 0 atom stereocenters. The zero-order chi connectivity index (χ0) is 18.5. The van der Waals surface area contributed by atoms with Crippen LogP contribution in [-0.2, 0) is 29.5 Å². The van der Waals surface area contributed by atoms with E-state index in [0.717, 1.165) is 31.4 Å². The second-order valence-electron chi connectivity index (χ2n) is 7.24. The molecular formula is C21H29N2O3+. The average Bonchev–Trinajstić information content (AvgIpc) is 3.26. The Labute approximate surface area is 155 Å². The lowest BCUT2D eigenvalue weighted by Crippen LogP contribution is -2.29. The molecule has 140 valence electrons. The number of nitrogens with zero attached hydrogens (tertiary/aromatic N) is 2. The minimum absolute atomic E-state index is 0.129. The maximum Gasteiger partial charge on any atom is 0.310 e. The highest BCUT2D eigenvalue weighted by Crippen LogP contribution is 2.39. The molecule has 0 spiro atoms. The SMILES string of the molecule is Cc1n(CCCOC(=O)Cc2cccc(C3CCCC3)c2O)cc[n+]1C. The summed E-state index contributed by atoms with van der Waals surface area (Å²) in [7, 11) is 2.01. The molecule has 0 unspecified atom stereocenters. The van der Waals surface area contributed by atoms with Gasteiger partial charge in [0.2, 0.25) is 0 Å². The molecule has 1 aliphatic carbocycles. The smallest absolute Gasteiger partial charge is 0.310 e. The third-order valence-electron chi connectivity index (χ3n) is 5.48. The molecule has 0 aliphatic heterocycles. The van der Waals surface area contributed by atoms with E-state index >= 15 is 0 Å². The number of phenols is 1. The Morgan fingerprint density at radius 2 is 2.12 bits per heavy atom. The summed E-state index contributed by atoms with van der Waals surface area (Å²) < 4.78 is 9.57. The van der Waals surface area contributed by atoms with Crippen molar-refractivity contribution in [2.24, 2.45) is 7.05 Å². The quantitative estimate of drug-likeness (QED) is 0.470. The normalized spacial score (nSPS) is 14.7. The van der Waals surface area contributed by atoms with Gasteiger partial charge in [0.05, 0.1) is 26.6 Å². The van der Waals surface area contributed by atoms with E-state index in [1.807, 2.05) is 37.6 Å². The van der Waals surface area contributed by atoms with Crippen LogP contribution in [0.25, 0.3) is 0 Å². The summed E-state index contributed by atoms with van der Waals surface area (Å²) in [6.45, 7) is 3.28. The fourth-order valence-corrected chi connectivity index (χ4v) is 3.78. The van der Waals surface area contributed by atoms with Crippen LogP contribution in [-0.4, -0.2) is 22.2 Å². The Balaban J connectivity index is 1.49. The molecule has 5 nitrogen and oxygen atoms in total. The van der Waals surface area contributed by atoms with Gasteiger partial charge in [-0.05, 0) is 24.3 Å². The van der Waals surface area contributed by atoms with Crippen molar-refractivity contribution in [1.29, 1.82) is 0 Å². The number of aromatic hydroxyl groups is 1. The molecule has 1 aliphatic rings. The molecular weight excluding hydrogens is 328 g/mol. The molecule has 1 fully saturated rings. The molecule has 1 N–H and O–H groups in total. The molecule has 3 rings (SSSR count). The van der Waals surface area contributed by atoms with Gasteiger partial charge in [-0.15, -0.1) is 0 Å². The zero-order valence-electron chi connectivity index (χ0n) is 15.8. The minimum Gasteiger partial charge on any atom is -0.507 e. The first-order chi connectivity index (χ1) is 12.6. The van der Waals surface area contributed by atoms with Crippen molar-refractivity contribution in [2.45, 2.75) is 57.9 Å². The second kappa shape index (κ2) is 8.39. The highest BCUT2D eigenvalue weighted by molar-refractivity contribution is 5.73. The van der Waals surface area contributed by atoms with Gasteiger partial charge in [-0.2, -0.15) is 0 Å². The number of para-hydroxylation sites is 1. The number of phenolic OH excluding ortho intramolecular Hbond substituents is 1. The van der Waals surface area contributed by atoms with E-state index in [2.05, 4.69) is 16.1 Å². The van der Waals surface area contributed by atoms with Crippen LogP contribution in [0.3, 0.4) is 0 Å². The van der Waals surface area contributed by atoms with Crippen molar-refractivity contribution in [3.63, 3.8) is 0 Å². The highest BCUT2D eigenvalue weighted by atomic mass is 16.5. The molecule has 26 heavy (non-hydrogen) atoms. The predicted molar refractivity (Wildman–Crippen MR) is 98.9 cm³/mol. The van der Waals surface area contributed by atoms with Crippen LogP contribution in [0.2, 0.25) is 0 Å². The molecule has 5 heteroatoms.